The Morgan fingerprint density at radius 1 is 1.29 bits per heavy atom. The van der Waals surface area contributed by atoms with Crippen molar-refractivity contribution in [2.45, 2.75) is 63.8 Å². The molecule has 0 radical (unpaired) electrons. The zero-order valence-corrected chi connectivity index (χ0v) is 16.1. The zero-order valence-electron chi connectivity index (χ0n) is 16.1. The first-order chi connectivity index (χ1) is 13.1. The normalized spacial score (nSPS) is 48.7. The van der Waals surface area contributed by atoms with E-state index in [9.17, 15) is 24.6 Å². The minimum absolute atomic E-state index is 0.196. The molecule has 4 aliphatic rings. The van der Waals surface area contributed by atoms with Crippen molar-refractivity contribution in [2.24, 2.45) is 10.8 Å². The summed E-state index contributed by atoms with van der Waals surface area (Å²) in [7, 11) is 0. The first-order valence-corrected chi connectivity index (χ1v) is 9.22. The summed E-state index contributed by atoms with van der Waals surface area (Å²) in [6.07, 6.45) is -3.82. The number of esters is 2. The Hall–Kier alpha value is -1.81. The van der Waals surface area contributed by atoms with Gasteiger partial charge in [-0.05, 0) is 18.6 Å². The van der Waals surface area contributed by atoms with Crippen LogP contribution in [0.5, 0.6) is 0 Å². The number of carbonyl (C=O) groups is 3. The van der Waals surface area contributed by atoms with Crippen LogP contribution in [-0.4, -0.2) is 77.3 Å². The molecule has 2 aliphatic heterocycles. The van der Waals surface area contributed by atoms with Crippen molar-refractivity contribution in [3.8, 4) is 0 Å². The number of ether oxygens (including phenoxy) is 4. The van der Waals surface area contributed by atoms with Gasteiger partial charge >= 0.3 is 11.9 Å². The Labute approximate surface area is 161 Å². The monoisotopic (exact) mass is 396 g/mol. The number of hydrogen-bond donors (Lipinski definition) is 2. The lowest BCUT2D eigenvalue weighted by molar-refractivity contribution is -0.259. The fourth-order valence-electron chi connectivity index (χ4n) is 5.67. The van der Waals surface area contributed by atoms with Crippen LogP contribution in [0.1, 0.15) is 27.7 Å². The summed E-state index contributed by atoms with van der Waals surface area (Å²) >= 11 is 0. The van der Waals surface area contributed by atoms with Crippen molar-refractivity contribution in [1.29, 1.82) is 0 Å². The lowest BCUT2D eigenvalue weighted by Crippen LogP contribution is -2.72. The highest BCUT2D eigenvalue weighted by Crippen LogP contribution is 2.71. The highest BCUT2D eigenvalue weighted by atomic mass is 16.7. The van der Waals surface area contributed by atoms with E-state index in [1.54, 1.807) is 19.9 Å². The molecule has 2 saturated heterocycles. The molecule has 4 rings (SSSR count). The summed E-state index contributed by atoms with van der Waals surface area (Å²) in [6, 6.07) is 0. The fraction of sp³-hybridized carbons (Fsp3) is 0.737. The molecule has 2 N–H and O–H groups in total. The molecule has 2 aliphatic carbocycles. The molecule has 28 heavy (non-hydrogen) atoms. The number of hydrogen-bond acceptors (Lipinski definition) is 9. The predicted molar refractivity (Wildman–Crippen MR) is 90.8 cm³/mol. The summed E-state index contributed by atoms with van der Waals surface area (Å²) < 4.78 is 22.8. The highest BCUT2D eigenvalue weighted by molar-refractivity contribution is 6.01. The Bertz CT molecular complexity index is 784. The van der Waals surface area contributed by atoms with Crippen molar-refractivity contribution in [2.75, 3.05) is 13.2 Å². The molecule has 2 heterocycles. The second kappa shape index (κ2) is 5.85. The van der Waals surface area contributed by atoms with Gasteiger partial charge < -0.3 is 29.2 Å². The van der Waals surface area contributed by atoms with Crippen LogP contribution in [0, 0.1) is 10.8 Å². The maximum atomic E-state index is 13.0. The molecule has 0 aromatic heterocycles. The Morgan fingerprint density at radius 3 is 2.39 bits per heavy atom. The minimum Gasteiger partial charge on any atom is -0.459 e. The van der Waals surface area contributed by atoms with Crippen molar-refractivity contribution in [3.05, 3.63) is 11.6 Å². The summed E-state index contributed by atoms with van der Waals surface area (Å²) in [4.78, 5) is 36.6. The molecule has 8 atom stereocenters. The number of aliphatic hydroxyl groups is 2. The number of ketones is 1. The highest BCUT2D eigenvalue weighted by Gasteiger charge is 2.88. The summed E-state index contributed by atoms with van der Waals surface area (Å²) in [5.41, 5.74) is -3.49. The molecule has 1 spiro atoms. The van der Waals surface area contributed by atoms with E-state index in [2.05, 4.69) is 0 Å². The van der Waals surface area contributed by atoms with Crippen molar-refractivity contribution >= 4 is 17.7 Å². The molecular weight excluding hydrogens is 372 g/mol. The lowest BCUT2D eigenvalue weighted by Gasteiger charge is -2.59. The van der Waals surface area contributed by atoms with Gasteiger partial charge in [-0.1, -0.05) is 6.92 Å². The predicted octanol–water partition coefficient (Wildman–Crippen LogP) is -0.725. The van der Waals surface area contributed by atoms with Crippen LogP contribution in [0.4, 0.5) is 0 Å². The molecule has 0 aromatic carbocycles. The molecule has 9 nitrogen and oxygen atoms in total. The molecule has 1 saturated carbocycles. The van der Waals surface area contributed by atoms with E-state index in [0.717, 1.165) is 0 Å². The van der Waals surface area contributed by atoms with E-state index in [1.807, 2.05) is 0 Å². The molecule has 0 amide bonds. The van der Waals surface area contributed by atoms with Crippen LogP contribution < -0.4 is 0 Å². The molecule has 154 valence electrons. The van der Waals surface area contributed by atoms with Gasteiger partial charge in [0.05, 0.1) is 30.1 Å². The molecule has 0 aromatic rings. The summed E-state index contributed by atoms with van der Waals surface area (Å²) in [5.74, 6) is -1.79. The Kier molecular flexibility index (Phi) is 4.08. The SMILES string of the molecule is CC(=O)O[C@@H]1C(=O)C(C)=C[C@H]2O[C@@H]3[C@H](O)[C@@H](OC(C)=O)[C@@](C)(C34CO4)[C@@]12CO. The zero-order chi connectivity index (χ0) is 20.6. The number of epoxide rings is 1. The number of rotatable bonds is 3. The van der Waals surface area contributed by atoms with Gasteiger partial charge in [-0.3, -0.25) is 14.4 Å². The van der Waals surface area contributed by atoms with E-state index in [0.29, 0.717) is 5.57 Å². The van der Waals surface area contributed by atoms with Crippen molar-refractivity contribution in [1.82, 2.24) is 0 Å². The third kappa shape index (κ3) is 2.02. The van der Waals surface area contributed by atoms with Crippen LogP contribution in [-0.2, 0) is 33.3 Å². The van der Waals surface area contributed by atoms with Gasteiger partial charge in [-0.2, -0.15) is 0 Å². The number of Topliss-reactive ketones (excluding diaryl/α,β-unsaturated/α-hetero) is 1. The van der Waals surface area contributed by atoms with Gasteiger partial charge in [0.1, 0.15) is 23.9 Å². The number of carbonyl (C=O) groups excluding carboxylic acids is 3. The maximum Gasteiger partial charge on any atom is 0.303 e. The smallest absolute Gasteiger partial charge is 0.303 e. The molecular formula is C19H24O9. The van der Waals surface area contributed by atoms with Gasteiger partial charge in [0.15, 0.2) is 11.9 Å². The number of fused-ring (bicyclic) bond motifs is 2. The van der Waals surface area contributed by atoms with Gasteiger partial charge in [0.25, 0.3) is 0 Å². The van der Waals surface area contributed by atoms with E-state index in [4.69, 9.17) is 18.9 Å². The van der Waals surface area contributed by atoms with Gasteiger partial charge in [0, 0.05) is 13.8 Å². The molecule has 3 fully saturated rings. The van der Waals surface area contributed by atoms with Crippen LogP contribution in [0.3, 0.4) is 0 Å². The average molecular weight is 396 g/mol. The largest absolute Gasteiger partial charge is 0.459 e. The number of aliphatic hydroxyl groups excluding tert-OH is 2. The second-order valence-electron chi connectivity index (χ2n) is 8.28. The van der Waals surface area contributed by atoms with Crippen molar-refractivity contribution < 1.29 is 43.5 Å². The van der Waals surface area contributed by atoms with Gasteiger partial charge in [-0.25, -0.2) is 0 Å². The minimum atomic E-state index is -1.50. The van der Waals surface area contributed by atoms with Gasteiger partial charge in [-0.15, -0.1) is 0 Å². The third-order valence-electron chi connectivity index (χ3n) is 7.09. The Morgan fingerprint density at radius 2 is 1.89 bits per heavy atom. The molecule has 2 bridgehead atoms. The quantitative estimate of drug-likeness (QED) is 0.468. The van der Waals surface area contributed by atoms with Crippen LogP contribution in [0.15, 0.2) is 11.6 Å². The van der Waals surface area contributed by atoms with Crippen LogP contribution >= 0.6 is 0 Å². The molecule has 1 unspecified atom stereocenters. The van der Waals surface area contributed by atoms with E-state index < -0.39 is 71.3 Å². The standard InChI is InChI=1S/C19H24O9/c1-8-5-11-18(6-20,15(12(8)23)27-10(3)22)17(4)14(26-9(2)21)13(24)16(28-11)19(17)7-25-19/h5,11,13-16,20,24H,6-7H2,1-4H3/t11-,13-,14-,15-,16-,17-,18-,19?/m1/s1. The molecule has 9 heteroatoms. The fourth-order valence-corrected chi connectivity index (χ4v) is 5.67. The topological polar surface area (TPSA) is 132 Å². The van der Waals surface area contributed by atoms with Gasteiger partial charge in [0.2, 0.25) is 0 Å². The van der Waals surface area contributed by atoms with E-state index in [1.165, 1.54) is 13.8 Å². The summed E-state index contributed by atoms with van der Waals surface area (Å²) in [6.45, 7) is 5.24. The van der Waals surface area contributed by atoms with E-state index in [-0.39, 0.29) is 6.61 Å². The average Bonchev–Trinajstić information content (AvgIpc) is 3.39. The van der Waals surface area contributed by atoms with Crippen molar-refractivity contribution in [3.63, 3.8) is 0 Å². The summed E-state index contributed by atoms with van der Waals surface area (Å²) in [5, 5.41) is 21.5. The maximum absolute atomic E-state index is 13.0. The lowest BCUT2D eigenvalue weighted by atomic mass is 9.50. The Balaban J connectivity index is 1.97. The third-order valence-corrected chi connectivity index (χ3v) is 7.09. The first-order valence-electron chi connectivity index (χ1n) is 9.22. The van der Waals surface area contributed by atoms with Crippen LogP contribution in [0.2, 0.25) is 0 Å². The van der Waals surface area contributed by atoms with Crippen LogP contribution in [0.25, 0.3) is 0 Å². The first kappa shape index (κ1) is 19.5. The van der Waals surface area contributed by atoms with E-state index >= 15 is 0 Å². The second-order valence-corrected chi connectivity index (χ2v) is 8.28.